The Labute approximate surface area is 88.4 Å². The van der Waals surface area contributed by atoms with E-state index < -0.39 is 0 Å². The number of hydrogen-bond donors (Lipinski definition) is 2. The first-order chi connectivity index (χ1) is 6.66. The second-order valence-electron chi connectivity index (χ2n) is 5.27. The molecule has 0 aromatic carbocycles. The predicted octanol–water partition coefficient (Wildman–Crippen LogP) is 2.41. The van der Waals surface area contributed by atoms with Crippen molar-refractivity contribution >= 4 is 0 Å². The van der Waals surface area contributed by atoms with Gasteiger partial charge >= 0.3 is 0 Å². The fraction of sp³-hybridized carbons (Fsp3) is 1.00. The van der Waals surface area contributed by atoms with Crippen LogP contribution >= 0.6 is 0 Å². The van der Waals surface area contributed by atoms with Crippen LogP contribution in [0, 0.1) is 5.41 Å². The summed E-state index contributed by atoms with van der Waals surface area (Å²) in [4.78, 5) is 0. The molecule has 4 N–H and O–H groups in total. The molecule has 0 spiro atoms. The van der Waals surface area contributed by atoms with Crippen LogP contribution in [0.25, 0.3) is 0 Å². The molecule has 2 atom stereocenters. The molecule has 1 fully saturated rings. The van der Waals surface area contributed by atoms with Crippen molar-refractivity contribution in [2.45, 2.75) is 64.3 Å². The van der Waals surface area contributed by atoms with Crippen molar-refractivity contribution in [1.29, 1.82) is 0 Å². The number of rotatable bonds is 1. The van der Waals surface area contributed by atoms with Gasteiger partial charge in [-0.05, 0) is 37.6 Å². The molecule has 0 radical (unpaired) electrons. The zero-order valence-electron chi connectivity index (χ0n) is 9.60. The average molecular weight is 198 g/mol. The van der Waals surface area contributed by atoms with Crippen molar-refractivity contribution < 1.29 is 0 Å². The van der Waals surface area contributed by atoms with Crippen molar-refractivity contribution in [3.8, 4) is 0 Å². The van der Waals surface area contributed by atoms with Gasteiger partial charge in [-0.25, -0.2) is 0 Å². The summed E-state index contributed by atoms with van der Waals surface area (Å²) in [5.41, 5.74) is 12.3. The Morgan fingerprint density at radius 1 is 1.07 bits per heavy atom. The van der Waals surface area contributed by atoms with E-state index in [0.717, 1.165) is 6.54 Å². The summed E-state index contributed by atoms with van der Waals surface area (Å²) in [6, 6.07) is 0.440. The Hall–Kier alpha value is -0.0800. The van der Waals surface area contributed by atoms with Gasteiger partial charge in [-0.2, -0.15) is 0 Å². The van der Waals surface area contributed by atoms with Crippen molar-refractivity contribution in [2.75, 3.05) is 6.54 Å². The van der Waals surface area contributed by atoms with Crippen LogP contribution in [0.2, 0.25) is 0 Å². The predicted molar refractivity (Wildman–Crippen MR) is 62.1 cm³/mol. The van der Waals surface area contributed by atoms with E-state index in [1.165, 1.54) is 51.4 Å². The van der Waals surface area contributed by atoms with E-state index in [0.29, 0.717) is 11.5 Å². The molecule has 0 saturated heterocycles. The normalized spacial score (nSPS) is 36.6. The van der Waals surface area contributed by atoms with Crippen molar-refractivity contribution in [3.05, 3.63) is 0 Å². The minimum atomic E-state index is 0.386. The average Bonchev–Trinajstić information content (AvgIpc) is 2.17. The third-order valence-corrected chi connectivity index (χ3v) is 3.70. The first kappa shape index (κ1) is 12.0. The van der Waals surface area contributed by atoms with Gasteiger partial charge in [0.15, 0.2) is 0 Å². The summed E-state index contributed by atoms with van der Waals surface area (Å²) in [5.74, 6) is 0. The van der Waals surface area contributed by atoms with Crippen LogP contribution in [0.1, 0.15) is 58.3 Å². The highest BCUT2D eigenvalue weighted by Gasteiger charge is 2.22. The molecule has 0 heterocycles. The van der Waals surface area contributed by atoms with Gasteiger partial charge in [-0.1, -0.05) is 32.6 Å². The van der Waals surface area contributed by atoms with Crippen LogP contribution in [0.5, 0.6) is 0 Å². The third kappa shape index (κ3) is 3.97. The maximum absolute atomic E-state index is 6.02. The van der Waals surface area contributed by atoms with Gasteiger partial charge in [-0.3, -0.25) is 0 Å². The maximum atomic E-state index is 6.02. The molecule has 1 aliphatic carbocycles. The lowest BCUT2D eigenvalue weighted by Crippen LogP contribution is -2.29. The molecule has 84 valence electrons. The highest BCUT2D eigenvalue weighted by atomic mass is 14.6. The monoisotopic (exact) mass is 198 g/mol. The van der Waals surface area contributed by atoms with E-state index in [2.05, 4.69) is 6.92 Å². The van der Waals surface area contributed by atoms with Gasteiger partial charge in [0, 0.05) is 6.04 Å². The van der Waals surface area contributed by atoms with Crippen LogP contribution in [-0.4, -0.2) is 12.6 Å². The Kier molecular flexibility index (Phi) is 4.90. The molecule has 14 heavy (non-hydrogen) atoms. The summed E-state index contributed by atoms with van der Waals surface area (Å²) < 4.78 is 0. The van der Waals surface area contributed by atoms with Crippen LogP contribution in [0.15, 0.2) is 0 Å². The fourth-order valence-corrected chi connectivity index (χ4v) is 2.40. The van der Waals surface area contributed by atoms with Gasteiger partial charge in [0.25, 0.3) is 0 Å². The lowest BCUT2D eigenvalue weighted by molar-refractivity contribution is 0.251. The van der Waals surface area contributed by atoms with Gasteiger partial charge in [0.05, 0.1) is 0 Å². The summed E-state index contributed by atoms with van der Waals surface area (Å²) >= 11 is 0. The van der Waals surface area contributed by atoms with E-state index in [1.807, 2.05) is 0 Å². The van der Waals surface area contributed by atoms with Gasteiger partial charge in [0.1, 0.15) is 0 Å². The van der Waals surface area contributed by atoms with Crippen molar-refractivity contribution in [3.63, 3.8) is 0 Å². The lowest BCUT2D eigenvalue weighted by Gasteiger charge is -2.29. The Bertz CT molecular complexity index is 158. The zero-order chi connectivity index (χ0) is 10.4. The van der Waals surface area contributed by atoms with Crippen LogP contribution in [0.3, 0.4) is 0 Å². The molecule has 0 aliphatic heterocycles. The number of hydrogen-bond acceptors (Lipinski definition) is 2. The molecular formula is C12H26N2. The summed E-state index contributed by atoms with van der Waals surface area (Å²) in [6.45, 7) is 3.17. The highest BCUT2D eigenvalue weighted by Crippen LogP contribution is 2.31. The summed E-state index contributed by atoms with van der Waals surface area (Å²) in [7, 11) is 0. The standard InChI is InChI=1S/C12H26N2/c1-12(10-13)8-4-2-3-6-11(14)7-5-9-12/h11H,2-10,13-14H2,1H3. The van der Waals surface area contributed by atoms with E-state index in [-0.39, 0.29) is 0 Å². The molecular weight excluding hydrogens is 172 g/mol. The highest BCUT2D eigenvalue weighted by molar-refractivity contribution is 4.77. The van der Waals surface area contributed by atoms with Gasteiger partial charge in [-0.15, -0.1) is 0 Å². The maximum Gasteiger partial charge on any atom is 0.00388 e. The zero-order valence-corrected chi connectivity index (χ0v) is 9.60. The SMILES string of the molecule is CC1(CN)CCCCCC(N)CCC1. The molecule has 0 aromatic heterocycles. The van der Waals surface area contributed by atoms with Crippen molar-refractivity contribution in [1.82, 2.24) is 0 Å². The minimum Gasteiger partial charge on any atom is -0.330 e. The quantitative estimate of drug-likeness (QED) is 0.680. The molecule has 0 amide bonds. The third-order valence-electron chi connectivity index (χ3n) is 3.70. The van der Waals surface area contributed by atoms with Gasteiger partial charge < -0.3 is 11.5 Å². The first-order valence-corrected chi connectivity index (χ1v) is 6.12. The molecule has 2 unspecified atom stereocenters. The van der Waals surface area contributed by atoms with Crippen molar-refractivity contribution in [2.24, 2.45) is 16.9 Å². The number of nitrogens with two attached hydrogens (primary N) is 2. The van der Waals surface area contributed by atoms with E-state index in [9.17, 15) is 0 Å². The molecule has 1 rings (SSSR count). The van der Waals surface area contributed by atoms with E-state index in [4.69, 9.17) is 11.5 Å². The Morgan fingerprint density at radius 2 is 1.71 bits per heavy atom. The molecule has 2 nitrogen and oxygen atoms in total. The summed E-state index contributed by atoms with van der Waals surface area (Å²) in [5, 5.41) is 0. The molecule has 1 saturated carbocycles. The van der Waals surface area contributed by atoms with Gasteiger partial charge in [0.2, 0.25) is 0 Å². The van der Waals surface area contributed by atoms with E-state index in [1.54, 1.807) is 0 Å². The smallest absolute Gasteiger partial charge is 0.00388 e. The van der Waals surface area contributed by atoms with Crippen LogP contribution in [0.4, 0.5) is 0 Å². The van der Waals surface area contributed by atoms with Crippen LogP contribution < -0.4 is 11.5 Å². The lowest BCUT2D eigenvalue weighted by atomic mass is 9.78. The Morgan fingerprint density at radius 3 is 2.43 bits per heavy atom. The molecule has 0 aromatic rings. The second-order valence-corrected chi connectivity index (χ2v) is 5.27. The molecule has 2 heteroatoms. The van der Waals surface area contributed by atoms with E-state index >= 15 is 0 Å². The first-order valence-electron chi connectivity index (χ1n) is 6.12. The summed E-state index contributed by atoms with van der Waals surface area (Å²) in [6.07, 6.45) is 10.2. The topological polar surface area (TPSA) is 52.0 Å². The fourth-order valence-electron chi connectivity index (χ4n) is 2.40. The molecule has 0 bridgehead atoms. The largest absolute Gasteiger partial charge is 0.330 e. The second kappa shape index (κ2) is 5.72. The van der Waals surface area contributed by atoms with Crippen LogP contribution in [-0.2, 0) is 0 Å². The molecule has 1 aliphatic rings. The minimum absolute atomic E-state index is 0.386. The Balaban J connectivity index is 2.41.